The average Bonchev–Trinajstić information content (AvgIpc) is 2.48. The summed E-state index contributed by atoms with van der Waals surface area (Å²) in [5.74, 6) is 0.614. The van der Waals surface area contributed by atoms with Crippen molar-refractivity contribution in [3.8, 4) is 0 Å². The Balaban J connectivity index is 1.76. The van der Waals surface area contributed by atoms with E-state index in [1.807, 2.05) is 19.3 Å². The monoisotopic (exact) mass is 289 g/mol. The lowest BCUT2D eigenvalue weighted by atomic mass is 9.70. The Bertz CT molecular complexity index is 456. The zero-order chi connectivity index (χ0) is 14.7. The van der Waals surface area contributed by atoms with E-state index >= 15 is 0 Å². The van der Waals surface area contributed by atoms with Crippen LogP contribution >= 0.6 is 0 Å². The van der Waals surface area contributed by atoms with Gasteiger partial charge in [-0.2, -0.15) is 0 Å². The predicted molar refractivity (Wildman–Crippen MR) is 83.1 cm³/mol. The fourth-order valence-corrected chi connectivity index (χ4v) is 3.65. The zero-order valence-electron chi connectivity index (χ0n) is 13.3. The van der Waals surface area contributed by atoms with Crippen molar-refractivity contribution in [3.05, 3.63) is 23.8 Å². The van der Waals surface area contributed by atoms with Crippen LogP contribution in [-0.2, 0) is 4.74 Å². The highest BCUT2D eigenvalue weighted by molar-refractivity contribution is 5.09. The summed E-state index contributed by atoms with van der Waals surface area (Å²) in [5, 5.41) is 3.70. The van der Waals surface area contributed by atoms with Crippen LogP contribution in [0, 0.1) is 12.8 Å². The summed E-state index contributed by atoms with van der Waals surface area (Å²) in [7, 11) is 0. The Hall–Kier alpha value is -1.00. The third-order valence-electron chi connectivity index (χ3n) is 5.00. The van der Waals surface area contributed by atoms with Crippen LogP contribution in [0.2, 0.25) is 0 Å². The van der Waals surface area contributed by atoms with Crippen LogP contribution in [0.4, 0.5) is 0 Å². The molecule has 1 aliphatic heterocycles. The van der Waals surface area contributed by atoms with Crippen molar-refractivity contribution in [2.75, 3.05) is 13.2 Å². The Morgan fingerprint density at radius 3 is 2.86 bits per heavy atom. The fraction of sp³-hybridized carbons (Fsp3) is 0.765. The van der Waals surface area contributed by atoms with E-state index in [0.717, 1.165) is 37.4 Å². The Kier molecular flexibility index (Phi) is 4.55. The van der Waals surface area contributed by atoms with Gasteiger partial charge in [-0.05, 0) is 57.9 Å². The van der Waals surface area contributed by atoms with E-state index in [0.29, 0.717) is 12.0 Å². The lowest BCUT2D eigenvalue weighted by Crippen LogP contribution is -2.48. The molecule has 1 aromatic heterocycles. The van der Waals surface area contributed by atoms with Crippen LogP contribution in [0.3, 0.4) is 0 Å². The summed E-state index contributed by atoms with van der Waals surface area (Å²) < 4.78 is 6.08. The van der Waals surface area contributed by atoms with Crippen LogP contribution in [0.25, 0.3) is 0 Å². The highest BCUT2D eigenvalue weighted by atomic mass is 16.5. The summed E-state index contributed by atoms with van der Waals surface area (Å²) in [6.45, 7) is 6.13. The van der Waals surface area contributed by atoms with Gasteiger partial charge < -0.3 is 10.1 Å². The highest BCUT2D eigenvalue weighted by Crippen LogP contribution is 2.46. The quantitative estimate of drug-likeness (QED) is 0.904. The predicted octanol–water partition coefficient (Wildman–Crippen LogP) is 3.18. The molecule has 0 radical (unpaired) electrons. The summed E-state index contributed by atoms with van der Waals surface area (Å²) >= 11 is 0. The van der Waals surface area contributed by atoms with Crippen molar-refractivity contribution in [1.82, 2.24) is 15.3 Å². The molecule has 0 amide bonds. The van der Waals surface area contributed by atoms with Gasteiger partial charge in [0.1, 0.15) is 0 Å². The van der Waals surface area contributed by atoms with Gasteiger partial charge >= 0.3 is 0 Å². The van der Waals surface area contributed by atoms with E-state index in [1.165, 1.54) is 25.7 Å². The van der Waals surface area contributed by atoms with E-state index in [9.17, 15) is 0 Å². The molecule has 1 aliphatic carbocycles. The summed E-state index contributed by atoms with van der Waals surface area (Å²) in [6, 6.07) is 0.319. The molecule has 2 aliphatic rings. The van der Waals surface area contributed by atoms with E-state index in [1.54, 1.807) is 0 Å². The van der Waals surface area contributed by atoms with Crippen molar-refractivity contribution in [1.29, 1.82) is 0 Å². The van der Waals surface area contributed by atoms with Gasteiger partial charge in [0.25, 0.3) is 0 Å². The molecular formula is C17H27N3O. The van der Waals surface area contributed by atoms with Gasteiger partial charge in [0.15, 0.2) is 0 Å². The minimum Gasteiger partial charge on any atom is -0.375 e. The molecule has 0 aromatic carbocycles. The minimum atomic E-state index is 0.188. The molecule has 1 saturated heterocycles. The summed E-state index contributed by atoms with van der Waals surface area (Å²) in [5.41, 5.74) is 2.26. The van der Waals surface area contributed by atoms with E-state index in [-0.39, 0.29) is 5.60 Å². The molecule has 2 fully saturated rings. The Labute approximate surface area is 127 Å². The molecule has 21 heavy (non-hydrogen) atoms. The summed E-state index contributed by atoms with van der Waals surface area (Å²) in [6.07, 6.45) is 11.1. The maximum absolute atomic E-state index is 6.08. The topological polar surface area (TPSA) is 47.0 Å². The second-order valence-electron chi connectivity index (χ2n) is 6.65. The lowest BCUT2D eigenvalue weighted by molar-refractivity contribution is -0.147. The number of aromatic nitrogens is 2. The molecule has 1 N–H and O–H groups in total. The van der Waals surface area contributed by atoms with Crippen molar-refractivity contribution in [2.45, 2.75) is 64.0 Å². The maximum atomic E-state index is 6.08. The van der Waals surface area contributed by atoms with Gasteiger partial charge in [0.05, 0.1) is 29.2 Å². The van der Waals surface area contributed by atoms with Crippen LogP contribution in [0.5, 0.6) is 0 Å². The van der Waals surface area contributed by atoms with Gasteiger partial charge in [-0.15, -0.1) is 0 Å². The molecule has 2 atom stereocenters. The molecule has 4 nitrogen and oxygen atoms in total. The van der Waals surface area contributed by atoms with Crippen LogP contribution in [-0.4, -0.2) is 28.7 Å². The van der Waals surface area contributed by atoms with E-state index < -0.39 is 0 Å². The summed E-state index contributed by atoms with van der Waals surface area (Å²) in [4.78, 5) is 9.07. The maximum Gasteiger partial charge on any atom is 0.0759 e. The fourth-order valence-electron chi connectivity index (χ4n) is 3.65. The van der Waals surface area contributed by atoms with Crippen molar-refractivity contribution >= 4 is 0 Å². The van der Waals surface area contributed by atoms with Gasteiger partial charge in [-0.3, -0.25) is 9.97 Å². The smallest absolute Gasteiger partial charge is 0.0759 e. The molecule has 1 spiro atoms. The number of aryl methyl sites for hydroxylation is 1. The van der Waals surface area contributed by atoms with Gasteiger partial charge in [-0.1, -0.05) is 6.92 Å². The number of nitrogens with one attached hydrogen (secondary N) is 1. The Morgan fingerprint density at radius 2 is 2.24 bits per heavy atom. The first-order chi connectivity index (χ1) is 10.2. The van der Waals surface area contributed by atoms with Crippen molar-refractivity contribution < 1.29 is 4.74 Å². The van der Waals surface area contributed by atoms with Crippen LogP contribution in [0.15, 0.2) is 12.4 Å². The molecule has 0 bridgehead atoms. The number of hydrogen-bond donors (Lipinski definition) is 1. The minimum absolute atomic E-state index is 0.188. The number of rotatable bonds is 5. The third kappa shape index (κ3) is 3.27. The molecule has 2 unspecified atom stereocenters. The number of ether oxygens (including phenoxy) is 1. The van der Waals surface area contributed by atoms with Gasteiger partial charge in [-0.25, -0.2) is 0 Å². The second kappa shape index (κ2) is 6.41. The molecular weight excluding hydrogens is 262 g/mol. The zero-order valence-corrected chi connectivity index (χ0v) is 13.3. The second-order valence-corrected chi connectivity index (χ2v) is 6.65. The average molecular weight is 289 g/mol. The van der Waals surface area contributed by atoms with Gasteiger partial charge in [0.2, 0.25) is 0 Å². The van der Waals surface area contributed by atoms with Crippen LogP contribution in [0.1, 0.15) is 62.9 Å². The highest BCUT2D eigenvalue weighted by Gasteiger charge is 2.44. The molecule has 116 valence electrons. The van der Waals surface area contributed by atoms with Gasteiger partial charge in [0, 0.05) is 12.8 Å². The van der Waals surface area contributed by atoms with Crippen molar-refractivity contribution in [3.63, 3.8) is 0 Å². The SMILES string of the molecule is CCCNC(c1cnc(C)cn1)C1CCOC2(CCC2)C1. The largest absolute Gasteiger partial charge is 0.375 e. The van der Waals surface area contributed by atoms with E-state index in [2.05, 4.69) is 22.2 Å². The first-order valence-electron chi connectivity index (χ1n) is 8.38. The van der Waals surface area contributed by atoms with Crippen molar-refractivity contribution in [2.24, 2.45) is 5.92 Å². The molecule has 3 rings (SSSR count). The normalized spacial score (nSPS) is 25.5. The van der Waals surface area contributed by atoms with E-state index in [4.69, 9.17) is 4.74 Å². The molecule has 1 saturated carbocycles. The lowest BCUT2D eigenvalue weighted by Gasteiger charge is -2.48. The Morgan fingerprint density at radius 1 is 1.38 bits per heavy atom. The molecule has 4 heteroatoms. The first-order valence-corrected chi connectivity index (χ1v) is 8.38. The first kappa shape index (κ1) is 14.9. The number of hydrogen-bond acceptors (Lipinski definition) is 4. The number of nitrogens with zero attached hydrogens (tertiary/aromatic N) is 2. The standard InChI is InChI=1S/C17H27N3O/c1-3-8-18-16(15-12-19-13(2)11-20-15)14-5-9-21-17(10-14)6-4-7-17/h11-12,14,16,18H,3-10H2,1-2H3. The molecule has 2 heterocycles. The molecule has 1 aromatic rings. The van der Waals surface area contributed by atoms with Crippen LogP contribution < -0.4 is 5.32 Å². The third-order valence-corrected chi connectivity index (χ3v) is 5.00.